The van der Waals surface area contributed by atoms with Crippen LogP contribution in [0, 0.1) is 0 Å². The van der Waals surface area contributed by atoms with Crippen molar-refractivity contribution in [3.05, 3.63) is 0 Å². The van der Waals surface area contributed by atoms with E-state index in [1.807, 2.05) is 13.8 Å². The van der Waals surface area contributed by atoms with Crippen molar-refractivity contribution in [2.24, 2.45) is 0 Å². The van der Waals surface area contributed by atoms with Gasteiger partial charge in [0.1, 0.15) is 5.60 Å². The summed E-state index contributed by atoms with van der Waals surface area (Å²) in [5, 5.41) is 8.74. The fraction of sp³-hybridized carbons (Fsp3) is 0.938. The van der Waals surface area contributed by atoms with E-state index in [9.17, 15) is 4.79 Å². The van der Waals surface area contributed by atoms with Crippen LogP contribution in [0.4, 0.5) is 0 Å². The van der Waals surface area contributed by atoms with Gasteiger partial charge in [0.25, 0.3) is 0 Å². The number of carbonyl (C=O) groups is 1. The van der Waals surface area contributed by atoms with Gasteiger partial charge in [-0.2, -0.15) is 0 Å². The Bertz CT molecular complexity index is 259. The molecule has 3 heteroatoms. The first-order valence-corrected chi connectivity index (χ1v) is 7.94. The lowest BCUT2D eigenvalue weighted by atomic mass is 9.91. The number of carbonyl (C=O) groups excluding carboxylic acids is 1. The summed E-state index contributed by atoms with van der Waals surface area (Å²) in [5.41, 5.74) is -0.596. The topological polar surface area (TPSA) is 46.5 Å². The molecular formula is C16H30O3. The lowest BCUT2D eigenvalue weighted by Gasteiger charge is -2.34. The number of ether oxygens (including phenoxy) is 1. The highest BCUT2D eigenvalue weighted by molar-refractivity contribution is 5.86. The molecule has 0 amide bonds. The lowest BCUT2D eigenvalue weighted by molar-refractivity contribution is -0.153. The van der Waals surface area contributed by atoms with Gasteiger partial charge in [-0.25, -0.2) is 0 Å². The molecule has 1 saturated carbocycles. The van der Waals surface area contributed by atoms with Gasteiger partial charge in [0.15, 0.2) is 5.78 Å². The molecule has 1 rings (SSSR count). The first-order chi connectivity index (χ1) is 9.12. The van der Waals surface area contributed by atoms with Gasteiger partial charge in [-0.1, -0.05) is 32.6 Å². The van der Waals surface area contributed by atoms with Crippen molar-refractivity contribution < 1.29 is 14.6 Å². The van der Waals surface area contributed by atoms with Gasteiger partial charge in [-0.05, 0) is 39.0 Å². The Balaban J connectivity index is 2.40. The standard InChI is InChI=1S/C16H30O3/c1-3-16(2,15(18)12-8-5-9-13-17)19-14-10-6-4-7-11-14/h14,17H,3-13H2,1-2H3. The van der Waals surface area contributed by atoms with Crippen molar-refractivity contribution in [1.82, 2.24) is 0 Å². The maximum atomic E-state index is 12.3. The molecule has 1 aliphatic rings. The Morgan fingerprint density at radius 1 is 1.21 bits per heavy atom. The Labute approximate surface area is 117 Å². The van der Waals surface area contributed by atoms with E-state index in [1.54, 1.807) is 0 Å². The normalized spacial score (nSPS) is 20.2. The summed E-state index contributed by atoms with van der Waals surface area (Å²) in [6, 6.07) is 0. The molecule has 0 aromatic heterocycles. The Hall–Kier alpha value is -0.410. The van der Waals surface area contributed by atoms with E-state index in [0.717, 1.165) is 38.5 Å². The largest absolute Gasteiger partial charge is 0.396 e. The van der Waals surface area contributed by atoms with Crippen molar-refractivity contribution in [3.63, 3.8) is 0 Å². The molecule has 0 radical (unpaired) electrons. The maximum absolute atomic E-state index is 12.3. The van der Waals surface area contributed by atoms with Crippen LogP contribution in [0.2, 0.25) is 0 Å². The minimum absolute atomic E-state index is 0.220. The van der Waals surface area contributed by atoms with Crippen LogP contribution in [0.5, 0.6) is 0 Å². The third kappa shape index (κ3) is 5.62. The van der Waals surface area contributed by atoms with E-state index in [0.29, 0.717) is 6.42 Å². The second-order valence-corrected chi connectivity index (χ2v) is 5.92. The first-order valence-electron chi connectivity index (χ1n) is 7.94. The third-order valence-electron chi connectivity index (χ3n) is 4.31. The minimum atomic E-state index is -0.596. The zero-order chi connectivity index (χ0) is 14.1. The number of hydrogen-bond donors (Lipinski definition) is 1. The zero-order valence-electron chi connectivity index (χ0n) is 12.6. The summed E-state index contributed by atoms with van der Waals surface area (Å²) in [6.07, 6.45) is 10.2. The van der Waals surface area contributed by atoms with Crippen molar-refractivity contribution in [3.8, 4) is 0 Å². The van der Waals surface area contributed by atoms with Gasteiger partial charge >= 0.3 is 0 Å². The molecule has 1 N–H and O–H groups in total. The van der Waals surface area contributed by atoms with E-state index in [1.165, 1.54) is 19.3 Å². The van der Waals surface area contributed by atoms with Gasteiger partial charge in [0.05, 0.1) is 6.10 Å². The average Bonchev–Trinajstić information content (AvgIpc) is 2.44. The molecule has 1 aliphatic carbocycles. The third-order valence-corrected chi connectivity index (χ3v) is 4.31. The summed E-state index contributed by atoms with van der Waals surface area (Å²) in [7, 11) is 0. The van der Waals surface area contributed by atoms with Crippen LogP contribution in [-0.2, 0) is 9.53 Å². The molecule has 3 nitrogen and oxygen atoms in total. The fourth-order valence-corrected chi connectivity index (χ4v) is 2.74. The first kappa shape index (κ1) is 16.6. The lowest BCUT2D eigenvalue weighted by Crippen LogP contribution is -2.41. The highest BCUT2D eigenvalue weighted by Gasteiger charge is 2.34. The minimum Gasteiger partial charge on any atom is -0.396 e. The van der Waals surface area contributed by atoms with Gasteiger partial charge in [0, 0.05) is 13.0 Å². The Kier molecular flexibility index (Phi) is 7.62. The van der Waals surface area contributed by atoms with E-state index < -0.39 is 5.60 Å². The van der Waals surface area contributed by atoms with Gasteiger partial charge in [-0.15, -0.1) is 0 Å². The average molecular weight is 270 g/mol. The number of aliphatic hydroxyl groups is 1. The molecule has 0 aromatic carbocycles. The molecular weight excluding hydrogens is 240 g/mol. The predicted molar refractivity (Wildman–Crippen MR) is 77.2 cm³/mol. The number of aliphatic hydroxyl groups excluding tert-OH is 1. The Morgan fingerprint density at radius 3 is 2.47 bits per heavy atom. The van der Waals surface area contributed by atoms with Crippen molar-refractivity contribution in [1.29, 1.82) is 0 Å². The number of unbranched alkanes of at least 4 members (excludes halogenated alkanes) is 2. The number of rotatable bonds is 9. The fourth-order valence-electron chi connectivity index (χ4n) is 2.74. The molecule has 0 aliphatic heterocycles. The molecule has 0 aromatic rings. The van der Waals surface area contributed by atoms with Crippen LogP contribution < -0.4 is 0 Å². The molecule has 0 heterocycles. The molecule has 1 fully saturated rings. The number of ketones is 1. The monoisotopic (exact) mass is 270 g/mol. The molecule has 19 heavy (non-hydrogen) atoms. The van der Waals surface area contributed by atoms with Gasteiger partial charge < -0.3 is 9.84 Å². The van der Waals surface area contributed by atoms with Gasteiger partial charge in [0.2, 0.25) is 0 Å². The molecule has 0 spiro atoms. The quantitative estimate of drug-likeness (QED) is 0.651. The van der Waals surface area contributed by atoms with Crippen LogP contribution in [0.25, 0.3) is 0 Å². The zero-order valence-corrected chi connectivity index (χ0v) is 12.6. The summed E-state index contributed by atoms with van der Waals surface area (Å²) in [5.74, 6) is 0.235. The van der Waals surface area contributed by atoms with Crippen LogP contribution >= 0.6 is 0 Å². The summed E-state index contributed by atoms with van der Waals surface area (Å²) in [4.78, 5) is 12.3. The molecule has 112 valence electrons. The van der Waals surface area contributed by atoms with Gasteiger partial charge in [-0.3, -0.25) is 4.79 Å². The van der Waals surface area contributed by atoms with Crippen LogP contribution in [0.1, 0.15) is 78.1 Å². The summed E-state index contributed by atoms with van der Waals surface area (Å²) >= 11 is 0. The van der Waals surface area contributed by atoms with Crippen LogP contribution in [0.15, 0.2) is 0 Å². The van der Waals surface area contributed by atoms with Crippen molar-refractivity contribution in [2.75, 3.05) is 6.61 Å². The number of hydrogen-bond acceptors (Lipinski definition) is 3. The van der Waals surface area contributed by atoms with E-state index in [-0.39, 0.29) is 18.5 Å². The Morgan fingerprint density at radius 2 is 1.89 bits per heavy atom. The van der Waals surface area contributed by atoms with Crippen molar-refractivity contribution >= 4 is 5.78 Å². The molecule has 1 atom stereocenters. The smallest absolute Gasteiger partial charge is 0.164 e. The molecule has 0 bridgehead atoms. The van der Waals surface area contributed by atoms with E-state index in [2.05, 4.69) is 0 Å². The molecule has 1 unspecified atom stereocenters. The SMILES string of the molecule is CCC(C)(OC1CCCCC1)C(=O)CCCCCO. The highest BCUT2D eigenvalue weighted by atomic mass is 16.5. The maximum Gasteiger partial charge on any atom is 0.164 e. The summed E-state index contributed by atoms with van der Waals surface area (Å²) in [6.45, 7) is 4.21. The second-order valence-electron chi connectivity index (χ2n) is 5.92. The molecule has 0 saturated heterocycles. The summed E-state index contributed by atoms with van der Waals surface area (Å²) < 4.78 is 6.15. The number of Topliss-reactive ketones (excluding diaryl/α,β-unsaturated/α-hetero) is 1. The van der Waals surface area contributed by atoms with Crippen molar-refractivity contribution in [2.45, 2.75) is 89.8 Å². The highest BCUT2D eigenvalue weighted by Crippen LogP contribution is 2.28. The van der Waals surface area contributed by atoms with E-state index in [4.69, 9.17) is 9.84 Å². The predicted octanol–water partition coefficient (Wildman–Crippen LogP) is 3.63. The van der Waals surface area contributed by atoms with Crippen LogP contribution in [-0.4, -0.2) is 29.2 Å². The van der Waals surface area contributed by atoms with E-state index >= 15 is 0 Å². The second kappa shape index (κ2) is 8.70. The van der Waals surface area contributed by atoms with Crippen LogP contribution in [0.3, 0.4) is 0 Å².